The van der Waals surface area contributed by atoms with Crippen LogP contribution in [0.2, 0.25) is 0 Å². The lowest BCUT2D eigenvalue weighted by molar-refractivity contribution is 0.461. The Morgan fingerprint density at radius 2 is 1.83 bits per heavy atom. The first kappa shape index (κ1) is 18.7. The van der Waals surface area contributed by atoms with E-state index in [-0.39, 0.29) is 5.56 Å². The zero-order valence-electron chi connectivity index (χ0n) is 17.4. The summed E-state index contributed by atoms with van der Waals surface area (Å²) in [7, 11) is 1.86. The second kappa shape index (κ2) is 7.20. The SMILES string of the molecule is Cc1c(N=Cc2cc3c4c(c2O)CCCN4CCC3)c(=O)n(-c2ccccc2)n1C. The molecule has 2 aliphatic rings. The fourth-order valence-electron chi connectivity index (χ4n) is 4.80. The summed E-state index contributed by atoms with van der Waals surface area (Å²) in [5.74, 6) is 0.307. The van der Waals surface area contributed by atoms with Crippen molar-refractivity contribution in [3.05, 3.63) is 69.1 Å². The number of hydrogen-bond donors (Lipinski definition) is 1. The van der Waals surface area contributed by atoms with E-state index in [0.717, 1.165) is 55.7 Å². The highest BCUT2D eigenvalue weighted by atomic mass is 16.3. The highest BCUT2D eigenvalue weighted by Crippen LogP contribution is 2.41. The molecule has 0 saturated carbocycles. The molecular formula is C24H26N4O2. The van der Waals surface area contributed by atoms with E-state index in [4.69, 9.17) is 0 Å². The lowest BCUT2D eigenvalue weighted by Crippen LogP contribution is -2.34. The van der Waals surface area contributed by atoms with Gasteiger partial charge in [-0.05, 0) is 56.4 Å². The Bertz CT molecular complexity index is 1200. The topological polar surface area (TPSA) is 62.8 Å². The lowest BCUT2D eigenvalue weighted by Gasteiger charge is -2.37. The number of aromatic hydroxyl groups is 1. The van der Waals surface area contributed by atoms with Crippen LogP contribution in [-0.2, 0) is 19.9 Å². The Hall–Kier alpha value is -3.28. The van der Waals surface area contributed by atoms with Gasteiger partial charge < -0.3 is 10.0 Å². The van der Waals surface area contributed by atoms with Crippen LogP contribution in [0.25, 0.3) is 5.69 Å². The summed E-state index contributed by atoms with van der Waals surface area (Å²) >= 11 is 0. The van der Waals surface area contributed by atoms with Gasteiger partial charge in [-0.25, -0.2) is 9.67 Å². The van der Waals surface area contributed by atoms with Gasteiger partial charge in [0.2, 0.25) is 0 Å². The molecule has 0 aliphatic carbocycles. The third-order valence-corrected chi connectivity index (χ3v) is 6.38. The molecule has 0 unspecified atom stereocenters. The molecule has 2 aromatic carbocycles. The minimum absolute atomic E-state index is 0.164. The fraction of sp³-hybridized carbons (Fsp3) is 0.333. The molecule has 2 aliphatic heterocycles. The molecule has 5 rings (SSSR count). The second-order valence-electron chi connectivity index (χ2n) is 8.16. The highest BCUT2D eigenvalue weighted by Gasteiger charge is 2.27. The molecule has 1 aromatic heterocycles. The van der Waals surface area contributed by atoms with Gasteiger partial charge in [-0.1, -0.05) is 18.2 Å². The molecule has 0 spiro atoms. The summed E-state index contributed by atoms with van der Waals surface area (Å²) in [6.07, 6.45) is 5.74. The summed E-state index contributed by atoms with van der Waals surface area (Å²) in [5, 5.41) is 10.9. The average molecular weight is 402 g/mol. The molecule has 30 heavy (non-hydrogen) atoms. The van der Waals surface area contributed by atoms with Crippen molar-refractivity contribution in [1.29, 1.82) is 0 Å². The summed E-state index contributed by atoms with van der Waals surface area (Å²) < 4.78 is 3.44. The van der Waals surface area contributed by atoms with E-state index in [1.54, 1.807) is 10.9 Å². The number of hydrogen-bond acceptors (Lipinski definition) is 4. The number of aliphatic imine (C=N–C) groups is 1. The van der Waals surface area contributed by atoms with Crippen LogP contribution >= 0.6 is 0 Å². The predicted molar refractivity (Wildman–Crippen MR) is 120 cm³/mol. The summed E-state index contributed by atoms with van der Waals surface area (Å²) in [6.45, 7) is 4.02. The van der Waals surface area contributed by atoms with E-state index in [9.17, 15) is 9.90 Å². The van der Waals surface area contributed by atoms with E-state index in [1.165, 1.54) is 11.3 Å². The molecule has 6 nitrogen and oxygen atoms in total. The van der Waals surface area contributed by atoms with Gasteiger partial charge in [-0.3, -0.25) is 9.48 Å². The van der Waals surface area contributed by atoms with Crippen molar-refractivity contribution >= 4 is 17.6 Å². The Kier molecular flexibility index (Phi) is 4.50. The van der Waals surface area contributed by atoms with Crippen molar-refractivity contribution in [2.45, 2.75) is 32.6 Å². The third kappa shape index (κ3) is 2.86. The van der Waals surface area contributed by atoms with E-state index >= 15 is 0 Å². The zero-order chi connectivity index (χ0) is 20.8. The maximum atomic E-state index is 13.1. The van der Waals surface area contributed by atoms with Gasteiger partial charge in [0, 0.05) is 43.2 Å². The monoisotopic (exact) mass is 402 g/mol. The highest BCUT2D eigenvalue weighted by molar-refractivity contribution is 5.89. The first-order valence-electron chi connectivity index (χ1n) is 10.6. The maximum Gasteiger partial charge on any atom is 0.297 e. The van der Waals surface area contributed by atoms with Crippen molar-refractivity contribution in [3.63, 3.8) is 0 Å². The van der Waals surface area contributed by atoms with E-state index < -0.39 is 0 Å². The largest absolute Gasteiger partial charge is 0.507 e. The van der Waals surface area contributed by atoms with Gasteiger partial charge in [0.15, 0.2) is 5.69 Å². The smallest absolute Gasteiger partial charge is 0.297 e. The molecule has 0 saturated heterocycles. The summed E-state index contributed by atoms with van der Waals surface area (Å²) in [6, 6.07) is 11.6. The molecule has 0 atom stereocenters. The van der Waals surface area contributed by atoms with Crippen molar-refractivity contribution in [3.8, 4) is 11.4 Å². The number of phenols is 1. The Balaban J connectivity index is 1.58. The number of aromatic nitrogens is 2. The number of benzene rings is 2. The van der Waals surface area contributed by atoms with Crippen molar-refractivity contribution in [2.75, 3.05) is 18.0 Å². The lowest BCUT2D eigenvalue weighted by atomic mass is 9.89. The Labute approximate surface area is 175 Å². The standard InChI is InChI=1S/C24H26N4O2/c1-16-21(24(30)28(26(16)2)19-9-4-3-5-10-19)25-15-18-14-17-8-6-12-27-13-7-11-20(22(17)27)23(18)29/h3-5,9-10,14-15,29H,6-8,11-13H2,1-2H3. The van der Waals surface area contributed by atoms with Crippen LogP contribution in [0.4, 0.5) is 11.4 Å². The molecule has 3 aromatic rings. The molecule has 0 bridgehead atoms. The first-order chi connectivity index (χ1) is 14.6. The number of rotatable bonds is 3. The van der Waals surface area contributed by atoms with Crippen LogP contribution in [0, 0.1) is 6.92 Å². The number of para-hydroxylation sites is 1. The third-order valence-electron chi connectivity index (χ3n) is 6.38. The molecule has 6 heteroatoms. The number of nitrogens with zero attached hydrogens (tertiary/aromatic N) is 4. The summed E-state index contributed by atoms with van der Waals surface area (Å²) in [5.41, 5.74) is 6.05. The van der Waals surface area contributed by atoms with Crippen molar-refractivity contribution in [2.24, 2.45) is 12.0 Å². The predicted octanol–water partition coefficient (Wildman–Crippen LogP) is 3.64. The molecule has 0 radical (unpaired) electrons. The van der Waals surface area contributed by atoms with Crippen LogP contribution < -0.4 is 10.5 Å². The number of aryl methyl sites for hydroxylation is 1. The van der Waals surface area contributed by atoms with Gasteiger partial charge in [0.25, 0.3) is 5.56 Å². The molecule has 0 amide bonds. The zero-order valence-corrected chi connectivity index (χ0v) is 17.4. The van der Waals surface area contributed by atoms with E-state index in [1.807, 2.05) is 55.1 Å². The van der Waals surface area contributed by atoms with Gasteiger partial charge in [0.05, 0.1) is 11.4 Å². The number of phenolic OH excluding ortho intramolecular Hbond substituents is 1. The van der Waals surface area contributed by atoms with Gasteiger partial charge in [-0.15, -0.1) is 0 Å². The Morgan fingerprint density at radius 3 is 2.60 bits per heavy atom. The molecule has 154 valence electrons. The average Bonchev–Trinajstić information content (AvgIpc) is 2.98. The van der Waals surface area contributed by atoms with Crippen molar-refractivity contribution in [1.82, 2.24) is 9.36 Å². The van der Waals surface area contributed by atoms with Gasteiger partial charge >= 0.3 is 0 Å². The molecule has 3 heterocycles. The van der Waals surface area contributed by atoms with Crippen LogP contribution in [0.1, 0.15) is 35.2 Å². The second-order valence-corrected chi connectivity index (χ2v) is 8.16. The van der Waals surface area contributed by atoms with Gasteiger partial charge in [0.1, 0.15) is 5.75 Å². The number of anilines is 1. The van der Waals surface area contributed by atoms with E-state index in [2.05, 4.69) is 9.89 Å². The normalized spacial score (nSPS) is 15.6. The molecule has 1 N–H and O–H groups in total. The summed E-state index contributed by atoms with van der Waals surface area (Å²) in [4.78, 5) is 20.0. The maximum absolute atomic E-state index is 13.1. The minimum atomic E-state index is -0.164. The minimum Gasteiger partial charge on any atom is -0.507 e. The molecular weight excluding hydrogens is 376 g/mol. The fourth-order valence-corrected chi connectivity index (χ4v) is 4.80. The van der Waals surface area contributed by atoms with Crippen LogP contribution in [0.5, 0.6) is 5.75 Å². The first-order valence-corrected chi connectivity index (χ1v) is 10.6. The quantitative estimate of drug-likeness (QED) is 0.681. The van der Waals surface area contributed by atoms with Crippen LogP contribution in [-0.4, -0.2) is 33.8 Å². The molecule has 0 fully saturated rings. The van der Waals surface area contributed by atoms with Crippen molar-refractivity contribution < 1.29 is 5.11 Å². The Morgan fingerprint density at radius 1 is 1.10 bits per heavy atom. The van der Waals surface area contributed by atoms with Gasteiger partial charge in [-0.2, -0.15) is 0 Å². The van der Waals surface area contributed by atoms with Crippen LogP contribution in [0.3, 0.4) is 0 Å². The van der Waals surface area contributed by atoms with Crippen LogP contribution in [0.15, 0.2) is 46.2 Å². The van der Waals surface area contributed by atoms with E-state index in [0.29, 0.717) is 17.0 Å².